The van der Waals surface area contributed by atoms with Crippen molar-refractivity contribution in [2.24, 2.45) is 5.92 Å². The Hall–Kier alpha value is -0.910. The van der Waals surface area contributed by atoms with Gasteiger partial charge in [0.05, 0.1) is 12.1 Å². The largest absolute Gasteiger partial charge is 0.381 e. The van der Waals surface area contributed by atoms with Crippen LogP contribution in [0.15, 0.2) is 12.4 Å². The summed E-state index contributed by atoms with van der Waals surface area (Å²) in [4.78, 5) is 4.66. The number of nitrogens with zero attached hydrogens (tertiary/aromatic N) is 2. The molecule has 1 aliphatic carbocycles. The van der Waals surface area contributed by atoms with Crippen LogP contribution >= 0.6 is 0 Å². The molecule has 0 bridgehead atoms. The molecule has 3 rings (SSSR count). The fourth-order valence-corrected chi connectivity index (χ4v) is 3.67. The van der Waals surface area contributed by atoms with E-state index < -0.39 is 0 Å². The summed E-state index contributed by atoms with van der Waals surface area (Å²) in [7, 11) is 0. The molecule has 22 heavy (non-hydrogen) atoms. The first-order chi connectivity index (χ1) is 10.8. The maximum atomic E-state index is 5.69. The molecule has 2 fully saturated rings. The highest BCUT2D eigenvalue weighted by atomic mass is 16.5. The first-order valence-electron chi connectivity index (χ1n) is 8.78. The summed E-state index contributed by atoms with van der Waals surface area (Å²) < 4.78 is 13.5. The van der Waals surface area contributed by atoms with E-state index >= 15 is 0 Å². The molecule has 1 atom stereocenters. The van der Waals surface area contributed by atoms with Gasteiger partial charge >= 0.3 is 0 Å². The number of imidazole rings is 1. The molecule has 1 saturated heterocycles. The monoisotopic (exact) mass is 307 g/mol. The van der Waals surface area contributed by atoms with E-state index in [0.717, 1.165) is 52.0 Å². The first kappa shape index (κ1) is 16.0. The van der Waals surface area contributed by atoms with Crippen molar-refractivity contribution in [3.05, 3.63) is 18.2 Å². The summed E-state index contributed by atoms with van der Waals surface area (Å²) >= 11 is 0. The van der Waals surface area contributed by atoms with E-state index in [4.69, 9.17) is 9.47 Å². The van der Waals surface area contributed by atoms with Crippen LogP contribution in [-0.2, 0) is 16.0 Å². The zero-order valence-corrected chi connectivity index (χ0v) is 13.8. The predicted molar refractivity (Wildman–Crippen MR) is 85.8 cm³/mol. The highest BCUT2D eigenvalue weighted by Gasteiger charge is 2.35. The van der Waals surface area contributed by atoms with Gasteiger partial charge in [0, 0.05) is 44.8 Å². The summed E-state index contributed by atoms with van der Waals surface area (Å²) in [6, 6.07) is 0.901. The number of rotatable bonds is 7. The van der Waals surface area contributed by atoms with Gasteiger partial charge in [-0.05, 0) is 45.4 Å². The summed E-state index contributed by atoms with van der Waals surface area (Å²) in [6.07, 6.45) is 8.96. The summed E-state index contributed by atoms with van der Waals surface area (Å²) in [6.45, 7) is 7.80. The molecule has 0 radical (unpaired) electrons. The topological polar surface area (TPSA) is 48.3 Å². The predicted octanol–water partition coefficient (Wildman–Crippen LogP) is 2.53. The van der Waals surface area contributed by atoms with Crippen LogP contribution in [0.5, 0.6) is 0 Å². The molecule has 2 aliphatic rings. The second-order valence-corrected chi connectivity index (χ2v) is 6.41. The smallest absolute Gasteiger partial charge is 0.126 e. The van der Waals surface area contributed by atoms with Gasteiger partial charge in [-0.3, -0.25) is 0 Å². The fraction of sp³-hybridized carbons (Fsp3) is 0.824. The Morgan fingerprint density at radius 2 is 2.14 bits per heavy atom. The maximum absolute atomic E-state index is 5.69. The van der Waals surface area contributed by atoms with E-state index in [1.165, 1.54) is 5.82 Å². The van der Waals surface area contributed by atoms with Crippen LogP contribution in [0.25, 0.3) is 0 Å². The van der Waals surface area contributed by atoms with Gasteiger partial charge in [0.1, 0.15) is 5.82 Å². The molecule has 1 aliphatic heterocycles. The van der Waals surface area contributed by atoms with E-state index in [1.54, 1.807) is 0 Å². The van der Waals surface area contributed by atoms with Crippen LogP contribution in [0.4, 0.5) is 0 Å². The van der Waals surface area contributed by atoms with Crippen molar-refractivity contribution < 1.29 is 9.47 Å². The molecule has 1 aromatic heterocycles. The second-order valence-electron chi connectivity index (χ2n) is 6.41. The van der Waals surface area contributed by atoms with Gasteiger partial charge in [-0.2, -0.15) is 0 Å². The standard InChI is InChI=1S/C17H29N3O2/c1-3-20-8-7-18-17(20)16(13-5-9-21-10-6-13)19-14-11-15(12-14)22-4-2/h7-8,13-16,19H,3-6,9-12H2,1-2H3/t14?,15?,16-/m1/s1. The van der Waals surface area contributed by atoms with Crippen molar-refractivity contribution in [1.29, 1.82) is 0 Å². The average molecular weight is 307 g/mol. The third-order valence-electron chi connectivity index (χ3n) is 5.02. The van der Waals surface area contributed by atoms with Crippen LogP contribution < -0.4 is 5.32 Å². The Balaban J connectivity index is 1.67. The molecule has 124 valence electrons. The van der Waals surface area contributed by atoms with Gasteiger partial charge in [0.15, 0.2) is 0 Å². The van der Waals surface area contributed by atoms with Crippen molar-refractivity contribution in [3.8, 4) is 0 Å². The Kier molecular flexibility index (Phi) is 5.50. The molecule has 1 aromatic rings. The van der Waals surface area contributed by atoms with Gasteiger partial charge in [-0.15, -0.1) is 0 Å². The number of ether oxygens (including phenoxy) is 2. The number of aromatic nitrogens is 2. The van der Waals surface area contributed by atoms with E-state index in [0.29, 0.717) is 24.1 Å². The van der Waals surface area contributed by atoms with Gasteiger partial charge < -0.3 is 19.4 Å². The summed E-state index contributed by atoms with van der Waals surface area (Å²) in [5, 5.41) is 3.87. The molecule has 0 amide bonds. The molecule has 5 nitrogen and oxygen atoms in total. The third kappa shape index (κ3) is 3.53. The van der Waals surface area contributed by atoms with Crippen molar-refractivity contribution in [1.82, 2.24) is 14.9 Å². The lowest BCUT2D eigenvalue weighted by molar-refractivity contribution is -0.0187. The average Bonchev–Trinajstić information content (AvgIpc) is 2.98. The van der Waals surface area contributed by atoms with E-state index in [2.05, 4.69) is 34.9 Å². The quantitative estimate of drug-likeness (QED) is 0.841. The van der Waals surface area contributed by atoms with Crippen molar-refractivity contribution in [2.75, 3.05) is 19.8 Å². The molecule has 5 heteroatoms. The van der Waals surface area contributed by atoms with Gasteiger partial charge in [0.25, 0.3) is 0 Å². The highest BCUT2D eigenvalue weighted by molar-refractivity contribution is 5.04. The van der Waals surface area contributed by atoms with E-state index in [1.807, 2.05) is 6.20 Å². The second kappa shape index (κ2) is 7.57. The zero-order valence-electron chi connectivity index (χ0n) is 13.8. The number of nitrogens with one attached hydrogen (secondary N) is 1. The third-order valence-corrected chi connectivity index (χ3v) is 5.02. The molecule has 0 unspecified atom stereocenters. The molecule has 2 heterocycles. The van der Waals surface area contributed by atoms with Crippen LogP contribution in [0.2, 0.25) is 0 Å². The van der Waals surface area contributed by atoms with Crippen LogP contribution in [0.1, 0.15) is 51.4 Å². The molecule has 1 N–H and O–H groups in total. The lowest BCUT2D eigenvalue weighted by atomic mass is 9.85. The SMILES string of the molecule is CCOC1CC(N[C@@H](c2nccn2CC)C2CCOCC2)C1. The minimum Gasteiger partial charge on any atom is -0.381 e. The Morgan fingerprint density at radius 1 is 1.36 bits per heavy atom. The molecular weight excluding hydrogens is 278 g/mol. The summed E-state index contributed by atoms with van der Waals surface area (Å²) in [5.74, 6) is 1.81. The highest BCUT2D eigenvalue weighted by Crippen LogP contribution is 2.33. The maximum Gasteiger partial charge on any atom is 0.126 e. The number of aryl methyl sites for hydroxylation is 1. The fourth-order valence-electron chi connectivity index (χ4n) is 3.67. The lowest BCUT2D eigenvalue weighted by Gasteiger charge is -2.40. The zero-order chi connectivity index (χ0) is 15.4. The normalized spacial score (nSPS) is 27.5. The van der Waals surface area contributed by atoms with E-state index in [-0.39, 0.29) is 0 Å². The van der Waals surface area contributed by atoms with Crippen molar-refractivity contribution in [3.63, 3.8) is 0 Å². The Morgan fingerprint density at radius 3 is 2.82 bits per heavy atom. The molecule has 0 aromatic carbocycles. The van der Waals surface area contributed by atoms with Gasteiger partial charge in [-0.1, -0.05) is 0 Å². The minimum atomic E-state index is 0.339. The van der Waals surface area contributed by atoms with Gasteiger partial charge in [-0.25, -0.2) is 4.98 Å². The van der Waals surface area contributed by atoms with Gasteiger partial charge in [0.2, 0.25) is 0 Å². The Bertz CT molecular complexity index is 451. The molecule has 0 spiro atoms. The summed E-state index contributed by atoms with van der Waals surface area (Å²) in [5.41, 5.74) is 0. The van der Waals surface area contributed by atoms with Crippen LogP contribution in [-0.4, -0.2) is 41.5 Å². The van der Waals surface area contributed by atoms with Crippen molar-refractivity contribution in [2.45, 2.75) is 64.3 Å². The van der Waals surface area contributed by atoms with E-state index in [9.17, 15) is 0 Å². The van der Waals surface area contributed by atoms with Crippen LogP contribution in [0.3, 0.4) is 0 Å². The number of hydrogen-bond acceptors (Lipinski definition) is 4. The van der Waals surface area contributed by atoms with Crippen LogP contribution in [0, 0.1) is 5.92 Å². The minimum absolute atomic E-state index is 0.339. The Labute approximate surface area is 133 Å². The molecular formula is C17H29N3O2. The first-order valence-corrected chi connectivity index (χ1v) is 8.78. The lowest BCUT2D eigenvalue weighted by Crippen LogP contribution is -2.49. The number of hydrogen-bond donors (Lipinski definition) is 1. The molecule has 1 saturated carbocycles. The van der Waals surface area contributed by atoms with Crippen molar-refractivity contribution >= 4 is 0 Å².